The van der Waals surface area contributed by atoms with Gasteiger partial charge in [0, 0.05) is 12.7 Å². The van der Waals surface area contributed by atoms with Crippen molar-refractivity contribution in [2.75, 3.05) is 13.2 Å². The molecule has 0 saturated carbocycles. The van der Waals surface area contributed by atoms with Crippen molar-refractivity contribution in [1.29, 1.82) is 0 Å². The Bertz CT molecular complexity index is 43.8. The molecule has 0 aromatic heterocycles. The van der Waals surface area contributed by atoms with Crippen LogP contribution < -0.4 is 10.6 Å². The second-order valence-corrected chi connectivity index (χ2v) is 2.14. The van der Waals surface area contributed by atoms with Crippen molar-refractivity contribution in [1.82, 2.24) is 10.6 Å². The van der Waals surface area contributed by atoms with Gasteiger partial charge in [0.2, 0.25) is 0 Å². The summed E-state index contributed by atoms with van der Waals surface area (Å²) in [5.74, 6) is 0. The fourth-order valence-corrected chi connectivity index (χ4v) is 0.401. The van der Waals surface area contributed by atoms with Crippen LogP contribution >= 0.6 is 0 Å². The SMILES string of the molecule is CCNCNC(C)C. The zero-order valence-electron chi connectivity index (χ0n) is 5.99. The fraction of sp³-hybridized carbons (Fsp3) is 1.00. The lowest BCUT2D eigenvalue weighted by atomic mass is 10.4. The Morgan fingerprint density at radius 3 is 2.38 bits per heavy atom. The molecule has 0 radical (unpaired) electrons. The van der Waals surface area contributed by atoms with Gasteiger partial charge < -0.3 is 10.6 Å². The number of rotatable bonds is 4. The molecule has 0 saturated heterocycles. The van der Waals surface area contributed by atoms with E-state index in [9.17, 15) is 0 Å². The average Bonchev–Trinajstić information content (AvgIpc) is 1.66. The zero-order chi connectivity index (χ0) is 6.41. The summed E-state index contributed by atoms with van der Waals surface area (Å²) in [6.07, 6.45) is 0. The first-order valence-electron chi connectivity index (χ1n) is 3.21. The molecule has 0 spiro atoms. The van der Waals surface area contributed by atoms with Gasteiger partial charge in [-0.25, -0.2) is 0 Å². The lowest BCUT2D eigenvalue weighted by Crippen LogP contribution is -2.33. The van der Waals surface area contributed by atoms with Gasteiger partial charge in [0.05, 0.1) is 0 Å². The summed E-state index contributed by atoms with van der Waals surface area (Å²) < 4.78 is 0. The van der Waals surface area contributed by atoms with Crippen LogP contribution in [0.4, 0.5) is 0 Å². The summed E-state index contributed by atoms with van der Waals surface area (Å²) >= 11 is 0. The minimum Gasteiger partial charge on any atom is -0.305 e. The molecule has 0 aromatic rings. The van der Waals surface area contributed by atoms with E-state index in [0.29, 0.717) is 6.04 Å². The van der Waals surface area contributed by atoms with Crippen LogP contribution in [-0.2, 0) is 0 Å². The maximum Gasteiger partial charge on any atom is 0.0456 e. The molecule has 2 N–H and O–H groups in total. The molecule has 2 heteroatoms. The van der Waals surface area contributed by atoms with Gasteiger partial charge in [-0.1, -0.05) is 6.92 Å². The normalized spacial score (nSPS) is 10.5. The van der Waals surface area contributed by atoms with E-state index in [1.807, 2.05) is 0 Å². The standard InChI is InChI=1S/C6H16N2/c1-4-7-5-8-6(2)3/h6-8H,4-5H2,1-3H3. The first-order valence-corrected chi connectivity index (χ1v) is 3.21. The lowest BCUT2D eigenvalue weighted by Gasteiger charge is -2.06. The van der Waals surface area contributed by atoms with Crippen molar-refractivity contribution < 1.29 is 0 Å². The first-order chi connectivity index (χ1) is 3.77. The maximum absolute atomic E-state index is 3.24. The van der Waals surface area contributed by atoms with Gasteiger partial charge in [-0.15, -0.1) is 0 Å². The predicted octanol–water partition coefficient (Wildman–Crippen LogP) is 0.551. The zero-order valence-corrected chi connectivity index (χ0v) is 5.99. The van der Waals surface area contributed by atoms with Crippen molar-refractivity contribution in [3.05, 3.63) is 0 Å². The molecule has 0 heterocycles. The molecule has 0 atom stereocenters. The van der Waals surface area contributed by atoms with E-state index in [1.54, 1.807) is 0 Å². The van der Waals surface area contributed by atoms with E-state index < -0.39 is 0 Å². The summed E-state index contributed by atoms with van der Waals surface area (Å²) in [7, 11) is 0. The van der Waals surface area contributed by atoms with Gasteiger partial charge >= 0.3 is 0 Å². The molecule has 0 aliphatic carbocycles. The Kier molecular flexibility index (Phi) is 5.01. The Labute approximate surface area is 51.7 Å². The van der Waals surface area contributed by atoms with Gasteiger partial charge in [0.15, 0.2) is 0 Å². The minimum absolute atomic E-state index is 0.592. The summed E-state index contributed by atoms with van der Waals surface area (Å²) in [5.41, 5.74) is 0. The Morgan fingerprint density at radius 1 is 1.38 bits per heavy atom. The topological polar surface area (TPSA) is 24.1 Å². The molecular formula is C6H16N2. The minimum atomic E-state index is 0.592. The number of hydrogen-bond acceptors (Lipinski definition) is 2. The number of nitrogens with one attached hydrogen (secondary N) is 2. The Morgan fingerprint density at radius 2 is 2.00 bits per heavy atom. The van der Waals surface area contributed by atoms with Crippen LogP contribution in [0.1, 0.15) is 20.8 Å². The molecule has 0 amide bonds. The van der Waals surface area contributed by atoms with Crippen LogP contribution in [0.2, 0.25) is 0 Å². The van der Waals surface area contributed by atoms with Crippen molar-refractivity contribution in [2.24, 2.45) is 0 Å². The first kappa shape index (κ1) is 7.92. The smallest absolute Gasteiger partial charge is 0.0456 e. The third-order valence-corrected chi connectivity index (χ3v) is 0.885. The van der Waals surface area contributed by atoms with Crippen molar-refractivity contribution in [3.8, 4) is 0 Å². The molecule has 50 valence electrons. The quantitative estimate of drug-likeness (QED) is 0.414. The lowest BCUT2D eigenvalue weighted by molar-refractivity contribution is 0.537. The summed E-state index contributed by atoms with van der Waals surface area (Å²) in [5, 5.41) is 6.40. The van der Waals surface area contributed by atoms with Gasteiger partial charge in [-0.05, 0) is 20.4 Å². The summed E-state index contributed by atoms with van der Waals surface area (Å²) in [6.45, 7) is 8.34. The highest BCUT2D eigenvalue weighted by molar-refractivity contribution is 4.48. The van der Waals surface area contributed by atoms with E-state index in [2.05, 4.69) is 31.4 Å². The molecule has 0 rings (SSSR count). The summed E-state index contributed by atoms with van der Waals surface area (Å²) in [4.78, 5) is 0. The van der Waals surface area contributed by atoms with Crippen LogP contribution in [0, 0.1) is 0 Å². The highest BCUT2D eigenvalue weighted by Crippen LogP contribution is 1.70. The number of hydrogen-bond donors (Lipinski definition) is 2. The van der Waals surface area contributed by atoms with Gasteiger partial charge in [-0.2, -0.15) is 0 Å². The molecule has 0 unspecified atom stereocenters. The third kappa shape index (κ3) is 5.92. The van der Waals surface area contributed by atoms with Gasteiger partial charge in [0.1, 0.15) is 0 Å². The highest BCUT2D eigenvalue weighted by atomic mass is 15.1. The molecule has 0 bridgehead atoms. The van der Waals surface area contributed by atoms with Crippen molar-refractivity contribution >= 4 is 0 Å². The fourth-order valence-electron chi connectivity index (χ4n) is 0.401. The van der Waals surface area contributed by atoms with Crippen LogP contribution in [0.15, 0.2) is 0 Å². The molecule has 0 aliphatic heterocycles. The largest absolute Gasteiger partial charge is 0.305 e. The Balaban J connectivity index is 2.72. The van der Waals surface area contributed by atoms with E-state index in [4.69, 9.17) is 0 Å². The second kappa shape index (κ2) is 5.06. The maximum atomic E-state index is 3.24. The molecule has 2 nitrogen and oxygen atoms in total. The van der Waals surface area contributed by atoms with Crippen LogP contribution in [-0.4, -0.2) is 19.3 Å². The van der Waals surface area contributed by atoms with Crippen molar-refractivity contribution in [2.45, 2.75) is 26.8 Å². The average molecular weight is 116 g/mol. The highest BCUT2D eigenvalue weighted by Gasteiger charge is 1.86. The molecule has 0 aromatic carbocycles. The van der Waals surface area contributed by atoms with Gasteiger partial charge in [-0.3, -0.25) is 0 Å². The van der Waals surface area contributed by atoms with Crippen LogP contribution in [0.25, 0.3) is 0 Å². The van der Waals surface area contributed by atoms with E-state index in [-0.39, 0.29) is 0 Å². The van der Waals surface area contributed by atoms with Gasteiger partial charge in [0.25, 0.3) is 0 Å². The Hall–Kier alpha value is -0.0800. The van der Waals surface area contributed by atoms with Crippen molar-refractivity contribution in [3.63, 3.8) is 0 Å². The van der Waals surface area contributed by atoms with E-state index in [1.165, 1.54) is 0 Å². The predicted molar refractivity (Wildman–Crippen MR) is 36.8 cm³/mol. The molecule has 8 heavy (non-hydrogen) atoms. The monoisotopic (exact) mass is 116 g/mol. The molecule has 0 aliphatic rings. The van der Waals surface area contributed by atoms with E-state index >= 15 is 0 Å². The van der Waals surface area contributed by atoms with Crippen LogP contribution in [0.3, 0.4) is 0 Å². The third-order valence-electron chi connectivity index (χ3n) is 0.885. The van der Waals surface area contributed by atoms with Crippen LogP contribution in [0.5, 0.6) is 0 Å². The summed E-state index contributed by atoms with van der Waals surface area (Å²) in [6, 6.07) is 0.592. The van der Waals surface area contributed by atoms with E-state index in [0.717, 1.165) is 13.2 Å². The molecular weight excluding hydrogens is 100 g/mol. The second-order valence-electron chi connectivity index (χ2n) is 2.14. The molecule has 0 fully saturated rings.